The Bertz CT molecular complexity index is 1310. The number of esters is 1. The number of ether oxygens (including phenoxy) is 2. The van der Waals surface area contributed by atoms with Gasteiger partial charge in [-0.05, 0) is 70.1 Å². The highest BCUT2D eigenvalue weighted by Gasteiger charge is 2.51. The molecule has 4 heterocycles. The minimum Gasteiger partial charge on any atom is -0.495 e. The van der Waals surface area contributed by atoms with Gasteiger partial charge >= 0.3 is 5.97 Å². The Morgan fingerprint density at radius 2 is 1.92 bits per heavy atom. The van der Waals surface area contributed by atoms with Crippen molar-refractivity contribution in [2.45, 2.75) is 84.2 Å². The van der Waals surface area contributed by atoms with Crippen LogP contribution in [0.3, 0.4) is 0 Å². The summed E-state index contributed by atoms with van der Waals surface area (Å²) in [5.74, 6) is 0.335. The van der Waals surface area contributed by atoms with Gasteiger partial charge in [-0.2, -0.15) is 4.98 Å². The van der Waals surface area contributed by atoms with E-state index in [-0.39, 0.29) is 24.5 Å². The van der Waals surface area contributed by atoms with Crippen molar-refractivity contribution in [1.82, 2.24) is 24.6 Å². The van der Waals surface area contributed by atoms with Gasteiger partial charge in [0.15, 0.2) is 11.6 Å². The highest BCUT2D eigenvalue weighted by Crippen LogP contribution is 2.45. The van der Waals surface area contributed by atoms with Crippen molar-refractivity contribution in [3.8, 4) is 5.75 Å². The highest BCUT2D eigenvalue weighted by molar-refractivity contribution is 6.01. The van der Waals surface area contributed by atoms with Gasteiger partial charge in [-0.25, -0.2) is 9.50 Å². The number of hydrogen-bond donors (Lipinski definition) is 0. The summed E-state index contributed by atoms with van der Waals surface area (Å²) in [7, 11) is 1.64. The number of nitrogens with zero attached hydrogens (tertiary/aromatic N) is 5. The fraction of sp³-hybridized carbons (Fsp3) is 0.571. The number of carbonyl (C=O) groups is 2. The fourth-order valence-electron chi connectivity index (χ4n) is 5.98. The number of cyclic esters (lactones) is 1. The zero-order chi connectivity index (χ0) is 26.2. The molecule has 37 heavy (non-hydrogen) atoms. The molecule has 5 rings (SSSR count). The smallest absolute Gasteiger partial charge is 0.317 e. The van der Waals surface area contributed by atoms with Gasteiger partial charge in [-0.1, -0.05) is 19.8 Å². The largest absolute Gasteiger partial charge is 0.495 e. The average molecular weight is 506 g/mol. The van der Waals surface area contributed by atoms with Gasteiger partial charge < -0.3 is 9.47 Å². The number of methoxy groups -OCH3 is 1. The normalized spacial score (nSPS) is 22.5. The van der Waals surface area contributed by atoms with E-state index in [0.717, 1.165) is 60.6 Å². The van der Waals surface area contributed by atoms with E-state index in [4.69, 9.17) is 14.5 Å². The molecule has 2 fully saturated rings. The summed E-state index contributed by atoms with van der Waals surface area (Å²) in [5, 5.41) is 4.50. The first-order valence-corrected chi connectivity index (χ1v) is 13.3. The van der Waals surface area contributed by atoms with E-state index in [1.54, 1.807) is 11.6 Å². The molecule has 0 spiro atoms. The van der Waals surface area contributed by atoms with Gasteiger partial charge in [0, 0.05) is 29.9 Å². The van der Waals surface area contributed by atoms with Gasteiger partial charge in [0.05, 0.1) is 12.8 Å². The molecule has 2 unspecified atom stereocenters. The number of aromatic nitrogens is 5. The van der Waals surface area contributed by atoms with Crippen molar-refractivity contribution in [2.24, 2.45) is 11.8 Å². The third kappa shape index (κ3) is 4.95. The minimum absolute atomic E-state index is 0.0925. The number of rotatable bonds is 8. The Hall–Kier alpha value is -3.36. The van der Waals surface area contributed by atoms with E-state index in [2.05, 4.69) is 22.0 Å². The average Bonchev–Trinajstić information content (AvgIpc) is 3.55. The molecule has 1 aliphatic carbocycles. The lowest BCUT2D eigenvalue weighted by Gasteiger charge is -2.43. The molecule has 9 heteroatoms. The lowest BCUT2D eigenvalue weighted by molar-refractivity contribution is -0.185. The number of ketones is 1. The fourth-order valence-corrected chi connectivity index (χ4v) is 5.98. The molecule has 0 N–H and O–H groups in total. The summed E-state index contributed by atoms with van der Waals surface area (Å²) in [4.78, 5) is 40.6. The first kappa shape index (κ1) is 25.3. The van der Waals surface area contributed by atoms with Crippen LogP contribution in [0.1, 0.15) is 74.0 Å². The van der Waals surface area contributed by atoms with Crippen molar-refractivity contribution >= 4 is 17.5 Å². The summed E-state index contributed by atoms with van der Waals surface area (Å²) < 4.78 is 13.5. The number of aryl methyl sites for hydroxylation is 4. The predicted molar refractivity (Wildman–Crippen MR) is 136 cm³/mol. The predicted octanol–water partition coefficient (Wildman–Crippen LogP) is 3.94. The second-order valence-corrected chi connectivity index (χ2v) is 10.5. The van der Waals surface area contributed by atoms with Gasteiger partial charge in [0.25, 0.3) is 5.78 Å². The number of hydrogen-bond acceptors (Lipinski definition) is 8. The molecule has 1 saturated carbocycles. The summed E-state index contributed by atoms with van der Waals surface area (Å²) in [6.07, 6.45) is 6.39. The zero-order valence-electron chi connectivity index (χ0n) is 22.1. The summed E-state index contributed by atoms with van der Waals surface area (Å²) in [6.45, 7) is 5.89. The number of fused-ring (bicyclic) bond motifs is 1. The van der Waals surface area contributed by atoms with Gasteiger partial charge in [-0.3, -0.25) is 14.6 Å². The van der Waals surface area contributed by atoms with Gasteiger partial charge in [0.1, 0.15) is 17.3 Å². The van der Waals surface area contributed by atoms with E-state index in [0.29, 0.717) is 24.4 Å². The van der Waals surface area contributed by atoms with Crippen LogP contribution in [0.15, 0.2) is 18.2 Å². The molecule has 1 aliphatic heterocycles. The second kappa shape index (κ2) is 10.2. The van der Waals surface area contributed by atoms with Crippen LogP contribution >= 0.6 is 0 Å². The lowest BCUT2D eigenvalue weighted by atomic mass is 9.74. The second-order valence-electron chi connectivity index (χ2n) is 10.5. The Morgan fingerprint density at radius 3 is 2.62 bits per heavy atom. The molecular weight excluding hydrogens is 470 g/mol. The van der Waals surface area contributed by atoms with Crippen molar-refractivity contribution in [3.63, 3.8) is 0 Å². The van der Waals surface area contributed by atoms with Crippen molar-refractivity contribution in [1.29, 1.82) is 0 Å². The first-order chi connectivity index (χ1) is 17.8. The highest BCUT2D eigenvalue weighted by atomic mass is 16.6. The van der Waals surface area contributed by atoms with E-state index >= 15 is 0 Å². The number of Topliss-reactive ketones (excluding diaryl/α,β-unsaturated/α-hetero) is 1. The van der Waals surface area contributed by atoms with Crippen molar-refractivity contribution < 1.29 is 19.1 Å². The molecule has 196 valence electrons. The van der Waals surface area contributed by atoms with Crippen LogP contribution in [-0.2, 0) is 33.6 Å². The SMILES string of the molecule is CCc1ccc(OC)c(CCC2(C3CCCC3)CC(=O)C(Cc3nc4nc(C)cc(C)n4n3)C(=O)O2)n1. The third-order valence-corrected chi connectivity index (χ3v) is 7.96. The van der Waals surface area contributed by atoms with Crippen LogP contribution in [0.4, 0.5) is 0 Å². The Balaban J connectivity index is 1.37. The molecule has 0 aromatic carbocycles. The van der Waals surface area contributed by atoms with Crippen LogP contribution in [0.2, 0.25) is 0 Å². The molecular formula is C28H35N5O4. The number of pyridine rings is 1. The Labute approximate surface area is 217 Å². The van der Waals surface area contributed by atoms with E-state index in [1.807, 2.05) is 32.0 Å². The molecule has 3 aromatic heterocycles. The molecule has 0 radical (unpaired) electrons. The summed E-state index contributed by atoms with van der Waals surface area (Å²) in [6, 6.07) is 5.83. The maximum absolute atomic E-state index is 13.5. The topological polar surface area (TPSA) is 109 Å². The quantitative estimate of drug-likeness (QED) is 0.335. The van der Waals surface area contributed by atoms with Gasteiger partial charge in [-0.15, -0.1) is 5.10 Å². The monoisotopic (exact) mass is 505 g/mol. The maximum Gasteiger partial charge on any atom is 0.317 e. The minimum atomic E-state index is -0.899. The van der Waals surface area contributed by atoms with Crippen LogP contribution in [0, 0.1) is 25.7 Å². The Morgan fingerprint density at radius 1 is 1.14 bits per heavy atom. The van der Waals surface area contributed by atoms with Crippen LogP contribution in [0.5, 0.6) is 5.75 Å². The third-order valence-electron chi connectivity index (χ3n) is 7.96. The molecule has 2 aliphatic rings. The molecule has 0 amide bonds. The van der Waals surface area contributed by atoms with E-state index in [1.165, 1.54) is 0 Å². The van der Waals surface area contributed by atoms with Crippen molar-refractivity contribution in [3.05, 3.63) is 46.8 Å². The first-order valence-electron chi connectivity index (χ1n) is 13.3. The maximum atomic E-state index is 13.5. The van der Waals surface area contributed by atoms with Crippen LogP contribution in [-0.4, -0.2) is 49.0 Å². The molecule has 1 saturated heterocycles. The Kier molecular flexibility index (Phi) is 6.96. The summed E-state index contributed by atoms with van der Waals surface area (Å²) in [5.41, 5.74) is 2.76. The standard InChI is InChI=1S/C28H35N5O4/c1-5-20-10-11-24(36-4)22(30-20)12-13-28(19-8-6-7-9-19)16-23(34)21(26(35)37-28)15-25-31-27-29-17(2)14-18(3)33(27)32-25/h10-11,14,19,21H,5-9,12-13,15-16H2,1-4H3. The zero-order valence-corrected chi connectivity index (χ0v) is 22.1. The molecule has 9 nitrogen and oxygen atoms in total. The van der Waals surface area contributed by atoms with E-state index in [9.17, 15) is 9.59 Å². The van der Waals surface area contributed by atoms with E-state index < -0.39 is 17.5 Å². The van der Waals surface area contributed by atoms with Crippen LogP contribution in [0.25, 0.3) is 5.78 Å². The molecule has 0 bridgehead atoms. The van der Waals surface area contributed by atoms with Gasteiger partial charge in [0.2, 0.25) is 0 Å². The lowest BCUT2D eigenvalue weighted by Crippen LogP contribution is -2.52. The number of carbonyl (C=O) groups excluding carboxylic acids is 2. The van der Waals surface area contributed by atoms with Crippen molar-refractivity contribution in [2.75, 3.05) is 7.11 Å². The molecule has 3 aromatic rings. The summed E-state index contributed by atoms with van der Waals surface area (Å²) >= 11 is 0. The molecule has 2 atom stereocenters. The van der Waals surface area contributed by atoms with Crippen LogP contribution < -0.4 is 4.74 Å².